The lowest BCUT2D eigenvalue weighted by molar-refractivity contribution is -0.00544. The highest BCUT2D eigenvalue weighted by Crippen LogP contribution is 2.32. The van der Waals surface area contributed by atoms with E-state index < -0.39 is 0 Å². The van der Waals surface area contributed by atoms with Gasteiger partial charge in [0.05, 0.1) is 5.60 Å². The van der Waals surface area contributed by atoms with Crippen LogP contribution in [0.1, 0.15) is 26.3 Å². The lowest BCUT2D eigenvalue weighted by Gasteiger charge is -2.31. The molecule has 0 spiro atoms. The third-order valence-electron chi connectivity index (χ3n) is 3.62. The quantitative estimate of drug-likeness (QED) is 0.871. The van der Waals surface area contributed by atoms with E-state index in [9.17, 15) is 0 Å². The van der Waals surface area contributed by atoms with E-state index in [0.717, 1.165) is 18.0 Å². The predicted molar refractivity (Wildman–Crippen MR) is 70.0 cm³/mol. The fourth-order valence-electron chi connectivity index (χ4n) is 1.74. The van der Waals surface area contributed by atoms with Crippen molar-refractivity contribution in [3.63, 3.8) is 0 Å². The van der Waals surface area contributed by atoms with Crippen LogP contribution in [0.15, 0.2) is 18.2 Å². The zero-order valence-corrected chi connectivity index (χ0v) is 11.4. The molecule has 0 fully saturated rings. The summed E-state index contributed by atoms with van der Waals surface area (Å²) < 4.78 is 16.1. The largest absolute Gasteiger partial charge is 0.454 e. The summed E-state index contributed by atoms with van der Waals surface area (Å²) >= 11 is 0. The van der Waals surface area contributed by atoms with Crippen LogP contribution in [0.4, 0.5) is 0 Å². The van der Waals surface area contributed by atoms with Crippen LogP contribution in [0.25, 0.3) is 0 Å². The summed E-state index contributed by atoms with van der Waals surface area (Å²) in [5.41, 5.74) is 0.995. The summed E-state index contributed by atoms with van der Waals surface area (Å²) in [5.74, 6) is 1.65. The Kier molecular flexibility index (Phi) is 3.78. The first-order chi connectivity index (χ1) is 8.53. The molecule has 1 aliphatic heterocycles. The standard InChI is InChI=1S/C14H21NO3/c1-10(14(2,3)16-4)15-8-11-5-6-12-13(7-11)18-9-17-12/h5-7,10,15H,8-9H2,1-4H3. The fourth-order valence-corrected chi connectivity index (χ4v) is 1.74. The van der Waals surface area contributed by atoms with E-state index in [4.69, 9.17) is 14.2 Å². The Balaban J connectivity index is 1.94. The molecule has 4 nitrogen and oxygen atoms in total. The topological polar surface area (TPSA) is 39.7 Å². The van der Waals surface area contributed by atoms with Crippen molar-refractivity contribution in [1.82, 2.24) is 5.32 Å². The van der Waals surface area contributed by atoms with Gasteiger partial charge in [0.1, 0.15) is 0 Å². The lowest BCUT2D eigenvalue weighted by atomic mass is 10.00. The van der Waals surface area contributed by atoms with Crippen molar-refractivity contribution in [2.45, 2.75) is 39.0 Å². The van der Waals surface area contributed by atoms with E-state index in [1.807, 2.05) is 18.2 Å². The normalized spacial score (nSPS) is 15.8. The monoisotopic (exact) mass is 251 g/mol. The highest BCUT2D eigenvalue weighted by atomic mass is 16.7. The van der Waals surface area contributed by atoms with Crippen molar-refractivity contribution in [1.29, 1.82) is 0 Å². The molecule has 0 bridgehead atoms. The number of hydrogen-bond acceptors (Lipinski definition) is 4. The first-order valence-electron chi connectivity index (χ1n) is 6.20. The summed E-state index contributed by atoms with van der Waals surface area (Å²) in [4.78, 5) is 0. The van der Waals surface area contributed by atoms with Crippen LogP contribution in [0.5, 0.6) is 11.5 Å². The van der Waals surface area contributed by atoms with E-state index >= 15 is 0 Å². The molecule has 1 aliphatic rings. The molecular formula is C14H21NO3. The second-order valence-corrected chi connectivity index (χ2v) is 5.10. The molecule has 1 aromatic carbocycles. The highest BCUT2D eigenvalue weighted by molar-refractivity contribution is 5.44. The Labute approximate surface area is 108 Å². The van der Waals surface area contributed by atoms with Gasteiger partial charge in [-0.25, -0.2) is 0 Å². The third-order valence-corrected chi connectivity index (χ3v) is 3.62. The van der Waals surface area contributed by atoms with Crippen LogP contribution in [0, 0.1) is 0 Å². The molecule has 1 atom stereocenters. The van der Waals surface area contributed by atoms with Crippen molar-refractivity contribution in [2.24, 2.45) is 0 Å². The van der Waals surface area contributed by atoms with Gasteiger partial charge in [0.2, 0.25) is 6.79 Å². The first-order valence-corrected chi connectivity index (χ1v) is 6.20. The zero-order chi connectivity index (χ0) is 13.2. The molecule has 1 heterocycles. The Bertz CT molecular complexity index is 418. The Morgan fingerprint density at radius 3 is 2.78 bits per heavy atom. The maximum atomic E-state index is 5.45. The van der Waals surface area contributed by atoms with Gasteiger partial charge in [-0.1, -0.05) is 6.07 Å². The SMILES string of the molecule is COC(C)(C)C(C)NCc1ccc2c(c1)OCO2. The summed E-state index contributed by atoms with van der Waals surface area (Å²) in [5, 5.41) is 3.46. The molecule has 100 valence electrons. The highest BCUT2D eigenvalue weighted by Gasteiger charge is 2.24. The molecule has 1 unspecified atom stereocenters. The van der Waals surface area contributed by atoms with Gasteiger partial charge in [-0.2, -0.15) is 0 Å². The average Bonchev–Trinajstić information content (AvgIpc) is 2.83. The van der Waals surface area contributed by atoms with Crippen LogP contribution in [0.2, 0.25) is 0 Å². The van der Waals surface area contributed by atoms with Crippen molar-refractivity contribution in [3.05, 3.63) is 23.8 Å². The van der Waals surface area contributed by atoms with Gasteiger partial charge < -0.3 is 19.5 Å². The molecule has 4 heteroatoms. The van der Waals surface area contributed by atoms with Gasteiger partial charge >= 0.3 is 0 Å². The third kappa shape index (κ3) is 2.76. The van der Waals surface area contributed by atoms with E-state index in [1.54, 1.807) is 7.11 Å². The molecule has 0 aliphatic carbocycles. The smallest absolute Gasteiger partial charge is 0.231 e. The summed E-state index contributed by atoms with van der Waals surface area (Å²) in [6.07, 6.45) is 0. The van der Waals surface area contributed by atoms with Crippen LogP contribution in [-0.4, -0.2) is 25.5 Å². The van der Waals surface area contributed by atoms with Gasteiger partial charge in [-0.15, -0.1) is 0 Å². The Morgan fingerprint density at radius 2 is 2.06 bits per heavy atom. The maximum Gasteiger partial charge on any atom is 0.231 e. The minimum Gasteiger partial charge on any atom is -0.454 e. The minimum absolute atomic E-state index is 0.184. The first kappa shape index (κ1) is 13.2. The number of ether oxygens (including phenoxy) is 3. The van der Waals surface area contributed by atoms with Crippen LogP contribution >= 0.6 is 0 Å². The minimum atomic E-state index is -0.184. The molecule has 1 N–H and O–H groups in total. The average molecular weight is 251 g/mol. The molecule has 1 aromatic rings. The molecule has 0 amide bonds. The summed E-state index contributed by atoms with van der Waals surface area (Å²) in [6, 6.07) is 6.27. The van der Waals surface area contributed by atoms with Crippen molar-refractivity contribution in [3.8, 4) is 11.5 Å². The molecule has 0 aromatic heterocycles. The molecular weight excluding hydrogens is 230 g/mol. The molecule has 0 saturated heterocycles. The van der Waals surface area contributed by atoms with Gasteiger partial charge in [0, 0.05) is 19.7 Å². The maximum absolute atomic E-state index is 5.45. The number of methoxy groups -OCH3 is 1. The van der Waals surface area contributed by atoms with Crippen molar-refractivity contribution < 1.29 is 14.2 Å². The van der Waals surface area contributed by atoms with Gasteiger partial charge in [-0.05, 0) is 38.5 Å². The number of rotatable bonds is 5. The lowest BCUT2D eigenvalue weighted by Crippen LogP contribution is -2.45. The van der Waals surface area contributed by atoms with Crippen LogP contribution in [-0.2, 0) is 11.3 Å². The molecule has 0 saturated carbocycles. The Hall–Kier alpha value is -1.26. The van der Waals surface area contributed by atoms with Crippen molar-refractivity contribution in [2.75, 3.05) is 13.9 Å². The zero-order valence-electron chi connectivity index (χ0n) is 11.4. The number of nitrogens with one attached hydrogen (secondary N) is 1. The van der Waals surface area contributed by atoms with E-state index in [2.05, 4.69) is 26.1 Å². The fraction of sp³-hybridized carbons (Fsp3) is 0.571. The van der Waals surface area contributed by atoms with Crippen molar-refractivity contribution >= 4 is 0 Å². The molecule has 2 rings (SSSR count). The summed E-state index contributed by atoms with van der Waals surface area (Å²) in [6.45, 7) is 7.37. The van der Waals surface area contributed by atoms with Gasteiger partial charge in [-0.3, -0.25) is 0 Å². The van der Waals surface area contributed by atoms with Crippen LogP contribution < -0.4 is 14.8 Å². The predicted octanol–water partition coefficient (Wildman–Crippen LogP) is 2.32. The van der Waals surface area contributed by atoms with E-state index in [-0.39, 0.29) is 11.6 Å². The summed E-state index contributed by atoms with van der Waals surface area (Å²) in [7, 11) is 1.73. The van der Waals surface area contributed by atoms with Crippen LogP contribution in [0.3, 0.4) is 0 Å². The number of hydrogen-bond donors (Lipinski definition) is 1. The molecule has 0 radical (unpaired) electrons. The van der Waals surface area contributed by atoms with Gasteiger partial charge in [0.25, 0.3) is 0 Å². The molecule has 18 heavy (non-hydrogen) atoms. The Morgan fingerprint density at radius 1 is 1.33 bits per heavy atom. The second kappa shape index (κ2) is 5.16. The number of fused-ring (bicyclic) bond motifs is 1. The van der Waals surface area contributed by atoms with E-state index in [1.165, 1.54) is 5.56 Å². The van der Waals surface area contributed by atoms with Gasteiger partial charge in [0.15, 0.2) is 11.5 Å². The number of benzene rings is 1. The second-order valence-electron chi connectivity index (χ2n) is 5.10. The van der Waals surface area contributed by atoms with E-state index in [0.29, 0.717) is 6.79 Å².